The van der Waals surface area contributed by atoms with Gasteiger partial charge in [0, 0.05) is 46.8 Å². The van der Waals surface area contributed by atoms with E-state index in [4.69, 9.17) is 5.10 Å². The summed E-state index contributed by atoms with van der Waals surface area (Å²) in [6.07, 6.45) is 16.7. The summed E-state index contributed by atoms with van der Waals surface area (Å²) in [6, 6.07) is 10.7. The van der Waals surface area contributed by atoms with Crippen LogP contribution in [0.5, 0.6) is 0 Å². The maximum Gasteiger partial charge on any atom is 0.116 e. The van der Waals surface area contributed by atoms with Crippen LogP contribution in [-0.2, 0) is 6.54 Å². The minimum atomic E-state index is 0.263. The van der Waals surface area contributed by atoms with E-state index in [1.54, 1.807) is 11.3 Å². The predicted octanol–water partition coefficient (Wildman–Crippen LogP) is 5.36. The molecule has 1 atom stereocenters. The molecule has 1 aliphatic carbocycles. The molecule has 190 valence electrons. The van der Waals surface area contributed by atoms with Gasteiger partial charge in [0.05, 0.1) is 21.6 Å². The molecule has 5 aromatic rings. The van der Waals surface area contributed by atoms with Gasteiger partial charge in [-0.25, -0.2) is 0 Å². The van der Waals surface area contributed by atoms with Gasteiger partial charge in [-0.1, -0.05) is 31.6 Å². The number of allylic oxidation sites excluding steroid dienone is 2. The lowest BCUT2D eigenvalue weighted by molar-refractivity contribution is 0.220. The fourth-order valence-electron chi connectivity index (χ4n) is 5.72. The maximum atomic E-state index is 4.77. The molecule has 1 fully saturated rings. The molecule has 0 amide bonds. The second-order valence-electron chi connectivity index (χ2n) is 10.4. The first-order valence-corrected chi connectivity index (χ1v) is 14.3. The number of aromatic nitrogens is 5. The zero-order chi connectivity index (χ0) is 25.5. The molecule has 7 heteroatoms. The number of nitrogens with one attached hydrogen (secondary N) is 2. The van der Waals surface area contributed by atoms with Crippen LogP contribution in [0.25, 0.3) is 50.6 Å². The highest BCUT2D eigenvalue weighted by Crippen LogP contribution is 2.32. The zero-order valence-electron chi connectivity index (χ0n) is 21.4. The Morgan fingerprint density at radius 1 is 1.05 bits per heavy atom. The molecule has 0 spiro atoms. The lowest BCUT2D eigenvalue weighted by Gasteiger charge is -2.26. The Morgan fingerprint density at radius 2 is 1.97 bits per heavy atom. The number of piperidine rings is 1. The van der Waals surface area contributed by atoms with E-state index < -0.39 is 0 Å². The van der Waals surface area contributed by atoms with Gasteiger partial charge in [0.25, 0.3) is 0 Å². The number of fused-ring (bicyclic) bond motifs is 2. The molecule has 6 nitrogen and oxygen atoms in total. The molecule has 1 unspecified atom stereocenters. The number of H-pyrrole nitrogens is 2. The van der Waals surface area contributed by atoms with Crippen molar-refractivity contribution in [1.29, 1.82) is 0 Å². The molecule has 1 saturated heterocycles. The van der Waals surface area contributed by atoms with Gasteiger partial charge in [-0.2, -0.15) is 5.10 Å². The van der Waals surface area contributed by atoms with Crippen molar-refractivity contribution < 1.29 is 0 Å². The van der Waals surface area contributed by atoms with E-state index in [-0.39, 0.29) is 5.92 Å². The third-order valence-corrected chi connectivity index (χ3v) is 8.42. The third-order valence-electron chi connectivity index (χ3n) is 7.55. The summed E-state index contributed by atoms with van der Waals surface area (Å²) >= 11 is 1.71. The van der Waals surface area contributed by atoms with Gasteiger partial charge < -0.3 is 4.98 Å². The Hall–Kier alpha value is -3.81. The number of thiophene rings is 1. The fraction of sp³-hybridized carbons (Fsp3) is 0.258. The topological polar surface area (TPSA) is 73.5 Å². The van der Waals surface area contributed by atoms with Crippen molar-refractivity contribution in [3.8, 4) is 22.0 Å². The molecule has 0 saturated carbocycles. The standard InChI is InChI=1S/C31H30N6S/c1-20-12-22(23-14-21(17-32-18-23)19-37-9-3-2-4-10-37)15-24-27(13-20)35-36-30(24)28-16-25-26(34-28)7-8-33-31(25)29-6-5-11-38-29/h5-8,11-18,20,34-35H,2-4,9-10,19H2,1H3. The van der Waals surface area contributed by atoms with Gasteiger partial charge in [0.1, 0.15) is 5.69 Å². The van der Waals surface area contributed by atoms with Crippen LogP contribution in [0.3, 0.4) is 0 Å². The van der Waals surface area contributed by atoms with E-state index in [1.165, 1.54) is 43.5 Å². The summed E-state index contributed by atoms with van der Waals surface area (Å²) in [5.74, 6) is 0.263. The van der Waals surface area contributed by atoms with Gasteiger partial charge >= 0.3 is 0 Å². The van der Waals surface area contributed by atoms with Crippen molar-refractivity contribution >= 4 is 40.0 Å². The van der Waals surface area contributed by atoms with Gasteiger partial charge in [0.15, 0.2) is 0 Å². The van der Waals surface area contributed by atoms with Gasteiger partial charge in [-0.3, -0.25) is 20.0 Å². The summed E-state index contributed by atoms with van der Waals surface area (Å²) in [5, 5.41) is 13.4. The highest BCUT2D eigenvalue weighted by Gasteiger charge is 2.16. The quantitative estimate of drug-likeness (QED) is 0.329. The van der Waals surface area contributed by atoms with Crippen LogP contribution in [0.4, 0.5) is 0 Å². The molecule has 0 radical (unpaired) electrons. The minimum absolute atomic E-state index is 0.263. The summed E-state index contributed by atoms with van der Waals surface area (Å²) in [4.78, 5) is 16.6. The number of nitrogens with zero attached hydrogens (tertiary/aromatic N) is 4. The summed E-state index contributed by atoms with van der Waals surface area (Å²) in [6.45, 7) is 5.55. The molecule has 0 aromatic carbocycles. The Morgan fingerprint density at radius 3 is 2.84 bits per heavy atom. The lowest BCUT2D eigenvalue weighted by atomic mass is 10.0. The normalized spacial score (nSPS) is 17.9. The second kappa shape index (κ2) is 9.82. The molecule has 2 N–H and O–H groups in total. The van der Waals surface area contributed by atoms with Crippen LogP contribution in [-0.4, -0.2) is 43.1 Å². The van der Waals surface area contributed by atoms with Crippen molar-refractivity contribution in [2.75, 3.05) is 13.1 Å². The molecule has 2 aliphatic rings. The Labute approximate surface area is 225 Å². The van der Waals surface area contributed by atoms with Crippen molar-refractivity contribution in [2.45, 2.75) is 32.7 Å². The Bertz CT molecular complexity index is 1750. The van der Waals surface area contributed by atoms with Gasteiger partial charge in [0.2, 0.25) is 0 Å². The monoisotopic (exact) mass is 518 g/mol. The van der Waals surface area contributed by atoms with Crippen LogP contribution in [0.2, 0.25) is 0 Å². The number of rotatable bonds is 5. The number of likely N-dealkylation sites (tertiary alicyclic amines) is 1. The average Bonchev–Trinajstić information content (AvgIpc) is 3.68. The highest BCUT2D eigenvalue weighted by atomic mass is 32.1. The number of pyridine rings is 2. The van der Waals surface area contributed by atoms with E-state index >= 15 is 0 Å². The second-order valence-corrected chi connectivity index (χ2v) is 11.3. The van der Waals surface area contributed by atoms with Crippen LogP contribution in [0.15, 0.2) is 60.4 Å². The van der Waals surface area contributed by atoms with E-state index in [0.29, 0.717) is 0 Å². The molecule has 7 rings (SSSR count). The van der Waals surface area contributed by atoms with E-state index in [9.17, 15) is 0 Å². The number of aromatic amines is 2. The smallest absolute Gasteiger partial charge is 0.116 e. The van der Waals surface area contributed by atoms with E-state index in [0.717, 1.165) is 55.5 Å². The average molecular weight is 519 g/mol. The highest BCUT2D eigenvalue weighted by molar-refractivity contribution is 7.13. The predicted molar refractivity (Wildman–Crippen MR) is 156 cm³/mol. The van der Waals surface area contributed by atoms with Crippen LogP contribution < -0.4 is 10.6 Å². The molecule has 38 heavy (non-hydrogen) atoms. The minimum Gasteiger partial charge on any atom is -0.353 e. The van der Waals surface area contributed by atoms with Crippen molar-refractivity contribution in [3.63, 3.8) is 0 Å². The maximum absolute atomic E-state index is 4.77. The third kappa shape index (κ3) is 4.42. The van der Waals surface area contributed by atoms with Crippen molar-refractivity contribution in [1.82, 2.24) is 30.0 Å². The first-order chi connectivity index (χ1) is 18.7. The summed E-state index contributed by atoms with van der Waals surface area (Å²) in [7, 11) is 0. The molecular weight excluding hydrogens is 488 g/mol. The summed E-state index contributed by atoms with van der Waals surface area (Å²) in [5.41, 5.74) is 7.58. The van der Waals surface area contributed by atoms with Gasteiger partial charge in [-0.05, 0) is 78.7 Å². The Balaban J connectivity index is 1.29. The molecule has 6 heterocycles. The first kappa shape index (κ1) is 23.3. The zero-order valence-corrected chi connectivity index (χ0v) is 22.3. The molecule has 0 bridgehead atoms. The molecule has 1 aliphatic heterocycles. The largest absolute Gasteiger partial charge is 0.353 e. The van der Waals surface area contributed by atoms with Crippen LogP contribution >= 0.6 is 11.3 Å². The molecule has 5 aromatic heterocycles. The van der Waals surface area contributed by atoms with E-state index in [1.807, 2.05) is 24.7 Å². The lowest BCUT2D eigenvalue weighted by Crippen LogP contribution is -2.29. The van der Waals surface area contributed by atoms with Gasteiger partial charge in [-0.15, -0.1) is 11.3 Å². The Kier molecular flexibility index (Phi) is 6.02. The van der Waals surface area contributed by atoms with Crippen LogP contribution in [0, 0.1) is 5.92 Å². The molecular formula is C31H30N6S. The fourth-order valence-corrected chi connectivity index (χ4v) is 6.45. The van der Waals surface area contributed by atoms with E-state index in [2.05, 4.69) is 79.7 Å². The first-order valence-electron chi connectivity index (χ1n) is 13.4. The number of hydrogen-bond donors (Lipinski definition) is 2. The van der Waals surface area contributed by atoms with Crippen molar-refractivity contribution in [3.05, 3.63) is 82.1 Å². The van der Waals surface area contributed by atoms with Crippen LogP contribution in [0.1, 0.15) is 37.3 Å². The number of hydrogen-bond acceptors (Lipinski definition) is 5. The SMILES string of the molecule is CC1C=C(c2cncc(CN3CCCCC3)c2)C=c2c(-c3cc4c(-c5cccs5)nccc4[nH]3)n[nH]c2=C1. The summed E-state index contributed by atoms with van der Waals surface area (Å²) < 4.78 is 0. The van der Waals surface area contributed by atoms with Crippen molar-refractivity contribution in [2.24, 2.45) is 5.92 Å².